The predicted molar refractivity (Wildman–Crippen MR) is 110 cm³/mol. The first-order chi connectivity index (χ1) is 14.3. The van der Waals surface area contributed by atoms with Crippen LogP contribution in [0.5, 0.6) is 5.75 Å². The summed E-state index contributed by atoms with van der Waals surface area (Å²) in [5.74, 6) is 0.620. The van der Waals surface area contributed by atoms with Crippen LogP contribution >= 0.6 is 11.6 Å². The number of halogens is 4. The highest BCUT2D eigenvalue weighted by atomic mass is 35.5. The van der Waals surface area contributed by atoms with Crippen LogP contribution in [-0.4, -0.2) is 30.6 Å². The summed E-state index contributed by atoms with van der Waals surface area (Å²) in [7, 11) is 0. The van der Waals surface area contributed by atoms with E-state index in [2.05, 4.69) is 10.3 Å². The number of aromatic nitrogens is 1. The van der Waals surface area contributed by atoms with Gasteiger partial charge in [-0.05, 0) is 37.5 Å². The Morgan fingerprint density at radius 1 is 1.30 bits per heavy atom. The first kappa shape index (κ1) is 22.2. The predicted octanol–water partition coefficient (Wildman–Crippen LogP) is 5.40. The number of hydrogen-bond acceptors (Lipinski definition) is 4. The summed E-state index contributed by atoms with van der Waals surface area (Å²) in [4.78, 5) is 18.4. The van der Waals surface area contributed by atoms with Gasteiger partial charge < -0.3 is 15.0 Å². The molecular formula is C21H23ClF3N3O2. The zero-order chi connectivity index (χ0) is 21.7. The van der Waals surface area contributed by atoms with Crippen LogP contribution in [0.2, 0.25) is 5.02 Å². The minimum Gasteiger partial charge on any atom is -0.491 e. The van der Waals surface area contributed by atoms with Crippen molar-refractivity contribution in [1.82, 2.24) is 4.98 Å². The van der Waals surface area contributed by atoms with E-state index in [1.807, 2.05) is 30.0 Å². The molecule has 1 aliphatic rings. The van der Waals surface area contributed by atoms with Crippen LogP contribution in [0.1, 0.15) is 31.7 Å². The van der Waals surface area contributed by atoms with Crippen molar-refractivity contribution in [3.63, 3.8) is 0 Å². The highest BCUT2D eigenvalue weighted by molar-refractivity contribution is 6.33. The second-order valence-corrected chi connectivity index (χ2v) is 7.53. The summed E-state index contributed by atoms with van der Waals surface area (Å²) in [5, 5.41) is 2.88. The molecule has 0 atom stereocenters. The Kier molecular flexibility index (Phi) is 7.07. The molecule has 0 radical (unpaired) electrons. The Morgan fingerprint density at radius 2 is 2.00 bits per heavy atom. The molecule has 2 aromatic rings. The lowest BCUT2D eigenvalue weighted by molar-refractivity contribution is -0.137. The van der Waals surface area contributed by atoms with Crippen molar-refractivity contribution >= 4 is 29.0 Å². The summed E-state index contributed by atoms with van der Waals surface area (Å²) in [5.41, 5.74) is -0.250. The third kappa shape index (κ3) is 5.36. The second-order valence-electron chi connectivity index (χ2n) is 7.12. The number of ether oxygens (including phenoxy) is 1. The average molecular weight is 442 g/mol. The van der Waals surface area contributed by atoms with Gasteiger partial charge in [0.2, 0.25) is 5.91 Å². The van der Waals surface area contributed by atoms with E-state index in [4.69, 9.17) is 16.3 Å². The number of carbonyl (C=O) groups excluding carboxylic acids is 1. The zero-order valence-electron chi connectivity index (χ0n) is 16.5. The molecule has 0 saturated carbocycles. The number of nitrogens with zero attached hydrogens (tertiary/aromatic N) is 2. The molecule has 162 valence electrons. The summed E-state index contributed by atoms with van der Waals surface area (Å²) in [6.45, 7) is 3.52. The second kappa shape index (κ2) is 9.55. The zero-order valence-corrected chi connectivity index (χ0v) is 17.3. The van der Waals surface area contributed by atoms with Crippen molar-refractivity contribution in [3.05, 3.63) is 47.1 Å². The summed E-state index contributed by atoms with van der Waals surface area (Å²) < 4.78 is 44.0. The van der Waals surface area contributed by atoms with E-state index < -0.39 is 11.7 Å². The van der Waals surface area contributed by atoms with Crippen molar-refractivity contribution in [2.45, 2.75) is 32.4 Å². The van der Waals surface area contributed by atoms with Gasteiger partial charge in [0.15, 0.2) is 0 Å². The highest BCUT2D eigenvalue weighted by Crippen LogP contribution is 2.35. The lowest BCUT2D eigenvalue weighted by atomic mass is 9.95. The molecule has 0 aliphatic carbocycles. The monoisotopic (exact) mass is 441 g/mol. The molecule has 2 heterocycles. The van der Waals surface area contributed by atoms with Crippen LogP contribution in [0.3, 0.4) is 0 Å². The lowest BCUT2D eigenvalue weighted by Crippen LogP contribution is -2.38. The standard InChI is InChI=1S/C21H23ClF3N3O2/c1-2-11-30-18-6-4-3-5-17(18)27-20(29)14-7-9-28(10-8-14)19-16(22)12-15(13-26-19)21(23,24)25/h3-6,12-14H,2,7-11H2,1H3,(H,27,29). The summed E-state index contributed by atoms with van der Waals surface area (Å²) >= 11 is 6.04. The van der Waals surface area contributed by atoms with Crippen LogP contribution in [0.4, 0.5) is 24.7 Å². The summed E-state index contributed by atoms with van der Waals surface area (Å²) in [6.07, 6.45) is -1.75. The van der Waals surface area contributed by atoms with Crippen molar-refractivity contribution in [2.24, 2.45) is 5.92 Å². The number of nitrogens with one attached hydrogen (secondary N) is 1. The van der Waals surface area contributed by atoms with Gasteiger partial charge in [0.05, 0.1) is 22.9 Å². The van der Waals surface area contributed by atoms with Gasteiger partial charge in [0.1, 0.15) is 11.6 Å². The number of anilines is 2. The van der Waals surface area contributed by atoms with Gasteiger partial charge in [-0.2, -0.15) is 13.2 Å². The van der Waals surface area contributed by atoms with Crippen LogP contribution in [-0.2, 0) is 11.0 Å². The van der Waals surface area contributed by atoms with Gasteiger partial charge in [-0.1, -0.05) is 30.7 Å². The molecule has 30 heavy (non-hydrogen) atoms. The number of hydrogen-bond donors (Lipinski definition) is 1. The molecule has 1 aromatic heterocycles. The fourth-order valence-electron chi connectivity index (χ4n) is 3.31. The van der Waals surface area contributed by atoms with Crippen LogP contribution in [0, 0.1) is 5.92 Å². The molecule has 1 aliphatic heterocycles. The molecule has 0 bridgehead atoms. The van der Waals surface area contributed by atoms with Gasteiger partial charge in [-0.3, -0.25) is 4.79 Å². The first-order valence-corrected chi connectivity index (χ1v) is 10.2. The SMILES string of the molecule is CCCOc1ccccc1NC(=O)C1CCN(c2ncc(C(F)(F)F)cc2Cl)CC1. The molecule has 1 amide bonds. The van der Waals surface area contributed by atoms with Gasteiger partial charge >= 0.3 is 6.18 Å². The number of alkyl halides is 3. The Bertz CT molecular complexity index is 884. The quantitative estimate of drug-likeness (QED) is 0.652. The highest BCUT2D eigenvalue weighted by Gasteiger charge is 2.33. The normalized spacial score (nSPS) is 15.2. The topological polar surface area (TPSA) is 54.5 Å². The van der Waals surface area contributed by atoms with Crippen molar-refractivity contribution in [3.8, 4) is 5.75 Å². The number of amides is 1. The van der Waals surface area contributed by atoms with Gasteiger partial charge in [-0.25, -0.2) is 4.98 Å². The lowest BCUT2D eigenvalue weighted by Gasteiger charge is -2.32. The molecule has 1 aromatic carbocycles. The molecule has 1 fully saturated rings. The fourth-order valence-corrected chi connectivity index (χ4v) is 3.60. The maximum absolute atomic E-state index is 12.8. The number of rotatable bonds is 6. The van der Waals surface area contributed by atoms with Crippen molar-refractivity contribution in [2.75, 3.05) is 29.9 Å². The Labute approximate surface area is 178 Å². The van der Waals surface area contributed by atoms with Gasteiger partial charge in [0, 0.05) is 25.2 Å². The van der Waals surface area contributed by atoms with E-state index in [1.54, 1.807) is 6.07 Å². The Hall–Kier alpha value is -2.48. The largest absolute Gasteiger partial charge is 0.491 e. The molecule has 5 nitrogen and oxygen atoms in total. The third-order valence-corrected chi connectivity index (χ3v) is 5.20. The Balaban J connectivity index is 1.60. The maximum atomic E-state index is 12.8. The molecule has 0 spiro atoms. The van der Waals surface area contributed by atoms with Gasteiger partial charge in [-0.15, -0.1) is 0 Å². The minimum absolute atomic E-state index is 0.0465. The number of para-hydroxylation sites is 2. The van der Waals surface area contributed by atoms with Gasteiger partial charge in [0.25, 0.3) is 0 Å². The smallest absolute Gasteiger partial charge is 0.417 e. The molecule has 3 rings (SSSR count). The van der Waals surface area contributed by atoms with E-state index in [9.17, 15) is 18.0 Å². The minimum atomic E-state index is -4.49. The summed E-state index contributed by atoms with van der Waals surface area (Å²) in [6, 6.07) is 8.17. The number of benzene rings is 1. The molecule has 0 unspecified atom stereocenters. The fraction of sp³-hybridized carbons (Fsp3) is 0.429. The molecular weight excluding hydrogens is 419 g/mol. The van der Waals surface area contributed by atoms with E-state index in [0.717, 1.165) is 18.7 Å². The van der Waals surface area contributed by atoms with Crippen molar-refractivity contribution in [1.29, 1.82) is 0 Å². The average Bonchev–Trinajstić information content (AvgIpc) is 2.72. The molecule has 9 heteroatoms. The van der Waals surface area contributed by atoms with Crippen LogP contribution < -0.4 is 15.0 Å². The van der Waals surface area contributed by atoms with E-state index in [0.29, 0.717) is 49.8 Å². The third-order valence-electron chi connectivity index (χ3n) is 4.92. The maximum Gasteiger partial charge on any atom is 0.417 e. The Morgan fingerprint density at radius 3 is 2.63 bits per heavy atom. The van der Waals surface area contributed by atoms with Crippen molar-refractivity contribution < 1.29 is 22.7 Å². The van der Waals surface area contributed by atoms with Crippen LogP contribution in [0.25, 0.3) is 0 Å². The number of pyridine rings is 1. The van der Waals surface area contributed by atoms with Crippen LogP contribution in [0.15, 0.2) is 36.5 Å². The van der Waals surface area contributed by atoms with E-state index in [-0.39, 0.29) is 16.8 Å². The molecule has 1 N–H and O–H groups in total. The van der Waals surface area contributed by atoms with E-state index >= 15 is 0 Å². The van der Waals surface area contributed by atoms with E-state index in [1.165, 1.54) is 0 Å². The number of piperidine rings is 1. The molecule has 1 saturated heterocycles. The number of carbonyl (C=O) groups is 1. The first-order valence-electron chi connectivity index (χ1n) is 9.80.